The Kier molecular flexibility index (Phi) is 3.09. The molecule has 1 unspecified atom stereocenters. The molecule has 0 amide bonds. The Bertz CT molecular complexity index is 523. The number of hydrogen-bond acceptors (Lipinski definition) is 2. The summed E-state index contributed by atoms with van der Waals surface area (Å²) in [6.07, 6.45) is 5.32. The van der Waals surface area contributed by atoms with Gasteiger partial charge in [0.25, 0.3) is 0 Å². The number of hydrogen-bond donors (Lipinski definition) is 1. The second-order valence-corrected chi connectivity index (χ2v) is 8.47. The Labute approximate surface area is 132 Å². The number of halogens is 2. The van der Waals surface area contributed by atoms with Crippen molar-refractivity contribution in [1.29, 1.82) is 0 Å². The average Bonchev–Trinajstić information content (AvgIpc) is 3.21. The minimum Gasteiger partial charge on any atom is -0.381 e. The van der Waals surface area contributed by atoms with Crippen LogP contribution < -0.4 is 5.32 Å². The first-order valence-corrected chi connectivity index (χ1v) is 9.38. The molecule has 1 atom stereocenters. The molecule has 0 bridgehead atoms. The first kappa shape index (κ1) is 12.8. The lowest BCUT2D eigenvalue weighted by Crippen LogP contribution is -2.43. The van der Waals surface area contributed by atoms with Crippen LogP contribution in [0, 0.1) is 5.92 Å². The zero-order valence-electron chi connectivity index (χ0n) is 10.7. The van der Waals surface area contributed by atoms with Crippen LogP contribution in [0.5, 0.6) is 0 Å². The normalized spacial score (nSPS) is 28.2. The van der Waals surface area contributed by atoms with Crippen LogP contribution in [0.25, 0.3) is 0 Å². The van der Waals surface area contributed by atoms with Gasteiger partial charge in [-0.05, 0) is 71.2 Å². The van der Waals surface area contributed by atoms with Crippen molar-refractivity contribution in [2.75, 3.05) is 16.8 Å². The van der Waals surface area contributed by atoms with Crippen molar-refractivity contribution in [3.63, 3.8) is 0 Å². The van der Waals surface area contributed by atoms with Crippen LogP contribution >= 0.6 is 39.3 Å². The van der Waals surface area contributed by atoms with E-state index in [1.807, 2.05) is 0 Å². The lowest BCUT2D eigenvalue weighted by molar-refractivity contribution is 0.329. The number of rotatable bonds is 1. The van der Waals surface area contributed by atoms with E-state index in [1.165, 1.54) is 48.4 Å². The molecule has 1 aromatic rings. The molecule has 1 saturated heterocycles. The van der Waals surface area contributed by atoms with Gasteiger partial charge in [-0.15, -0.1) is 0 Å². The van der Waals surface area contributed by atoms with Gasteiger partial charge in [0, 0.05) is 27.2 Å². The minimum atomic E-state index is 0.294. The highest BCUT2D eigenvalue weighted by Crippen LogP contribution is 2.58. The predicted octanol–water partition coefficient (Wildman–Crippen LogP) is 5.07. The molecule has 1 nitrogen and oxygen atoms in total. The second-order valence-electron chi connectivity index (χ2n) is 6.01. The first-order valence-electron chi connectivity index (χ1n) is 7.05. The van der Waals surface area contributed by atoms with Crippen LogP contribution in [0.3, 0.4) is 0 Å². The highest BCUT2D eigenvalue weighted by atomic mass is 79.9. The standard InChI is InChI=1S/C15H17BrClNS/c16-10-3-4-11-12(13(10)17)15(5-7-19-8-6-15)14(18-11)9-1-2-9/h3-4,9,14,18H,1-2,5-8H2. The van der Waals surface area contributed by atoms with Crippen LogP contribution in [-0.2, 0) is 5.41 Å². The van der Waals surface area contributed by atoms with E-state index < -0.39 is 0 Å². The van der Waals surface area contributed by atoms with Gasteiger partial charge in [0.15, 0.2) is 0 Å². The number of thioether (sulfide) groups is 1. The van der Waals surface area contributed by atoms with Crippen molar-refractivity contribution in [2.24, 2.45) is 5.92 Å². The number of anilines is 1. The monoisotopic (exact) mass is 357 g/mol. The molecule has 1 aromatic carbocycles. The third kappa shape index (κ3) is 1.88. The van der Waals surface area contributed by atoms with Gasteiger partial charge in [-0.2, -0.15) is 11.8 Å². The molecule has 102 valence electrons. The number of nitrogens with one attached hydrogen (secondary N) is 1. The summed E-state index contributed by atoms with van der Waals surface area (Å²) in [4.78, 5) is 0. The molecule has 0 radical (unpaired) electrons. The van der Waals surface area contributed by atoms with E-state index >= 15 is 0 Å². The highest BCUT2D eigenvalue weighted by Gasteiger charge is 2.53. The molecule has 1 saturated carbocycles. The van der Waals surface area contributed by atoms with Crippen molar-refractivity contribution in [3.8, 4) is 0 Å². The van der Waals surface area contributed by atoms with Crippen molar-refractivity contribution < 1.29 is 0 Å². The van der Waals surface area contributed by atoms with Gasteiger partial charge in [-0.25, -0.2) is 0 Å². The third-order valence-corrected chi connectivity index (χ3v) is 7.24. The predicted molar refractivity (Wildman–Crippen MR) is 87.5 cm³/mol. The van der Waals surface area contributed by atoms with Gasteiger partial charge in [0.2, 0.25) is 0 Å². The molecule has 2 fully saturated rings. The minimum absolute atomic E-state index is 0.294. The molecule has 2 heterocycles. The van der Waals surface area contributed by atoms with Crippen LogP contribution in [0.1, 0.15) is 31.2 Å². The van der Waals surface area contributed by atoms with Crippen molar-refractivity contribution >= 4 is 45.0 Å². The van der Waals surface area contributed by atoms with Gasteiger partial charge in [-0.3, -0.25) is 0 Å². The summed E-state index contributed by atoms with van der Waals surface area (Å²) < 4.78 is 1.05. The molecular weight excluding hydrogens is 342 g/mol. The topological polar surface area (TPSA) is 12.0 Å². The summed E-state index contributed by atoms with van der Waals surface area (Å²) in [5.74, 6) is 3.41. The Morgan fingerprint density at radius 2 is 2.00 bits per heavy atom. The summed E-state index contributed by atoms with van der Waals surface area (Å²) in [7, 11) is 0. The van der Waals surface area contributed by atoms with E-state index in [-0.39, 0.29) is 0 Å². The maximum Gasteiger partial charge on any atom is 0.0607 e. The molecule has 3 aliphatic rings. The maximum absolute atomic E-state index is 6.66. The van der Waals surface area contributed by atoms with Gasteiger partial charge in [0.1, 0.15) is 0 Å². The Balaban J connectivity index is 1.87. The number of benzene rings is 1. The van der Waals surface area contributed by atoms with E-state index in [1.54, 1.807) is 0 Å². The Hall–Kier alpha value is 0.140. The van der Waals surface area contributed by atoms with Crippen molar-refractivity contribution in [3.05, 3.63) is 27.2 Å². The molecular formula is C15H17BrClNS. The highest BCUT2D eigenvalue weighted by molar-refractivity contribution is 9.10. The molecule has 2 aliphatic heterocycles. The van der Waals surface area contributed by atoms with Crippen molar-refractivity contribution in [2.45, 2.75) is 37.1 Å². The van der Waals surface area contributed by atoms with Gasteiger partial charge in [0.05, 0.1) is 5.02 Å². The average molecular weight is 359 g/mol. The summed E-state index contributed by atoms with van der Waals surface area (Å²) in [5.41, 5.74) is 2.99. The van der Waals surface area contributed by atoms with Gasteiger partial charge in [-0.1, -0.05) is 11.6 Å². The summed E-state index contributed by atoms with van der Waals surface area (Å²) in [5, 5.41) is 4.75. The lowest BCUT2D eigenvalue weighted by atomic mass is 9.70. The van der Waals surface area contributed by atoms with Crippen molar-refractivity contribution in [1.82, 2.24) is 0 Å². The van der Waals surface area contributed by atoms with Gasteiger partial charge < -0.3 is 5.32 Å². The fraction of sp³-hybridized carbons (Fsp3) is 0.600. The second kappa shape index (κ2) is 4.57. The Morgan fingerprint density at radius 3 is 2.68 bits per heavy atom. The van der Waals surface area contributed by atoms with Gasteiger partial charge >= 0.3 is 0 Å². The summed E-state index contributed by atoms with van der Waals surface area (Å²) in [6.45, 7) is 0. The van der Waals surface area contributed by atoms with Crippen LogP contribution in [0.2, 0.25) is 5.02 Å². The molecule has 4 heteroatoms. The molecule has 19 heavy (non-hydrogen) atoms. The fourth-order valence-corrected chi connectivity index (χ4v) is 5.82. The smallest absolute Gasteiger partial charge is 0.0607 e. The summed E-state index contributed by atoms with van der Waals surface area (Å²) in [6, 6.07) is 4.90. The molecule has 1 N–H and O–H groups in total. The van der Waals surface area contributed by atoms with E-state index in [4.69, 9.17) is 11.6 Å². The lowest BCUT2D eigenvalue weighted by Gasteiger charge is -2.39. The van der Waals surface area contributed by atoms with Crippen LogP contribution in [0.15, 0.2) is 16.6 Å². The quantitative estimate of drug-likeness (QED) is 0.752. The van der Waals surface area contributed by atoms with E-state index in [2.05, 4.69) is 45.1 Å². The molecule has 1 spiro atoms. The van der Waals surface area contributed by atoms with E-state index in [0.717, 1.165) is 15.4 Å². The molecule has 0 aromatic heterocycles. The van der Waals surface area contributed by atoms with E-state index in [0.29, 0.717) is 11.5 Å². The van der Waals surface area contributed by atoms with E-state index in [9.17, 15) is 0 Å². The zero-order valence-corrected chi connectivity index (χ0v) is 13.9. The van der Waals surface area contributed by atoms with Crippen LogP contribution in [-0.4, -0.2) is 17.5 Å². The summed E-state index contributed by atoms with van der Waals surface area (Å²) >= 11 is 12.4. The molecule has 1 aliphatic carbocycles. The number of fused-ring (bicyclic) bond motifs is 2. The van der Waals surface area contributed by atoms with Crippen LogP contribution in [0.4, 0.5) is 5.69 Å². The maximum atomic E-state index is 6.66. The third-order valence-electron chi connectivity index (χ3n) is 4.98. The SMILES string of the molecule is Clc1c(Br)ccc2c1C1(CCSCC1)C(C1CC1)N2. The first-order chi connectivity index (χ1) is 9.22. The Morgan fingerprint density at radius 1 is 1.26 bits per heavy atom. The largest absolute Gasteiger partial charge is 0.381 e. The zero-order chi connectivity index (χ0) is 13.0. The molecule has 4 rings (SSSR count). The fourth-order valence-electron chi connectivity index (χ4n) is 3.91.